The quantitative estimate of drug-likeness (QED) is 0.580. The summed E-state index contributed by atoms with van der Waals surface area (Å²) in [5, 5.41) is 0. The molecule has 28 heavy (non-hydrogen) atoms. The van der Waals surface area contributed by atoms with Gasteiger partial charge in [0.15, 0.2) is 0 Å². The number of sulfonamides is 2. The number of hydrogen-bond acceptors (Lipinski definition) is 6. The summed E-state index contributed by atoms with van der Waals surface area (Å²) in [5.41, 5.74) is 0. The van der Waals surface area contributed by atoms with Crippen molar-refractivity contribution >= 4 is 26.0 Å². The molecular weight excluding hydrogens is 406 g/mol. The first-order valence-electron chi connectivity index (χ1n) is 9.06. The lowest BCUT2D eigenvalue weighted by Gasteiger charge is -2.26. The van der Waals surface area contributed by atoms with Crippen LogP contribution in [0.25, 0.3) is 0 Å². The van der Waals surface area contributed by atoms with E-state index >= 15 is 0 Å². The highest BCUT2D eigenvalue weighted by Crippen LogP contribution is 2.21. The van der Waals surface area contributed by atoms with Crippen molar-refractivity contribution in [3.63, 3.8) is 0 Å². The van der Waals surface area contributed by atoms with Crippen LogP contribution in [0.3, 0.4) is 0 Å². The van der Waals surface area contributed by atoms with E-state index in [0.29, 0.717) is 26.3 Å². The molecule has 11 heteroatoms. The van der Waals surface area contributed by atoms with Gasteiger partial charge < -0.3 is 9.64 Å². The van der Waals surface area contributed by atoms with Gasteiger partial charge in [0.05, 0.1) is 29.5 Å². The second kappa shape index (κ2) is 9.31. The molecule has 0 radical (unpaired) electrons. The van der Waals surface area contributed by atoms with Crippen LogP contribution in [0.5, 0.6) is 0 Å². The van der Waals surface area contributed by atoms with E-state index in [9.17, 15) is 21.6 Å². The maximum atomic E-state index is 12.7. The van der Waals surface area contributed by atoms with Crippen LogP contribution >= 0.6 is 0 Å². The molecule has 0 spiro atoms. The van der Waals surface area contributed by atoms with Gasteiger partial charge in [-0.3, -0.25) is 4.79 Å². The van der Waals surface area contributed by atoms with E-state index < -0.39 is 20.0 Å². The zero-order valence-corrected chi connectivity index (χ0v) is 18.0. The molecule has 158 valence electrons. The number of ether oxygens (including phenoxy) is 1. The third kappa shape index (κ3) is 4.90. The Morgan fingerprint density at radius 3 is 2.00 bits per heavy atom. The minimum absolute atomic E-state index is 0.0234. The first-order chi connectivity index (χ1) is 13.1. The van der Waals surface area contributed by atoms with Crippen molar-refractivity contribution in [2.24, 2.45) is 0 Å². The number of rotatable bonds is 8. The van der Waals surface area contributed by atoms with Crippen LogP contribution in [0.1, 0.15) is 13.8 Å². The monoisotopic (exact) mass is 433 g/mol. The van der Waals surface area contributed by atoms with E-state index in [4.69, 9.17) is 4.74 Å². The molecule has 9 nitrogen and oxygen atoms in total. The lowest BCUT2D eigenvalue weighted by molar-refractivity contribution is -0.130. The first-order valence-corrected chi connectivity index (χ1v) is 11.9. The van der Waals surface area contributed by atoms with Crippen molar-refractivity contribution < 1.29 is 26.4 Å². The van der Waals surface area contributed by atoms with Gasteiger partial charge in [-0.25, -0.2) is 16.8 Å². The maximum absolute atomic E-state index is 12.7. The van der Waals surface area contributed by atoms with Gasteiger partial charge >= 0.3 is 0 Å². The summed E-state index contributed by atoms with van der Waals surface area (Å²) in [6.07, 6.45) is 0. The van der Waals surface area contributed by atoms with Gasteiger partial charge in [0, 0.05) is 33.2 Å². The molecule has 0 unspecified atom stereocenters. The van der Waals surface area contributed by atoms with Gasteiger partial charge in [0.1, 0.15) is 0 Å². The van der Waals surface area contributed by atoms with E-state index in [-0.39, 0.29) is 35.3 Å². The second-order valence-corrected chi connectivity index (χ2v) is 10.3. The molecular formula is C17H27N3O6S2. The lowest BCUT2D eigenvalue weighted by Crippen LogP contribution is -2.41. The Kier molecular flexibility index (Phi) is 7.57. The minimum atomic E-state index is -3.91. The SMILES string of the molecule is CCN(CC)C(=O)CN(C)S(=O)(=O)c1ccc(S(=O)(=O)N2CCOCC2)cc1. The van der Waals surface area contributed by atoms with Gasteiger partial charge in [-0.1, -0.05) is 0 Å². The topological polar surface area (TPSA) is 104 Å². The molecule has 1 fully saturated rings. The van der Waals surface area contributed by atoms with E-state index in [1.165, 1.54) is 35.6 Å². The van der Waals surface area contributed by atoms with Crippen molar-refractivity contribution in [2.75, 3.05) is 53.0 Å². The number of likely N-dealkylation sites (N-methyl/N-ethyl adjacent to an activating group) is 2. The average Bonchev–Trinajstić information content (AvgIpc) is 2.69. The van der Waals surface area contributed by atoms with Crippen LogP contribution in [0.2, 0.25) is 0 Å². The standard InChI is InChI=1S/C17H27N3O6S2/c1-4-19(5-2)17(21)14-18(3)27(22,23)15-6-8-16(9-7-15)28(24,25)20-10-12-26-13-11-20/h6-9H,4-5,10-14H2,1-3H3. The summed E-state index contributed by atoms with van der Waals surface area (Å²) in [6.45, 7) is 5.55. The lowest BCUT2D eigenvalue weighted by atomic mass is 10.4. The third-order valence-electron chi connectivity index (χ3n) is 4.61. The molecule has 1 aromatic carbocycles. The van der Waals surface area contributed by atoms with Crippen molar-refractivity contribution in [3.05, 3.63) is 24.3 Å². The number of carbonyl (C=O) groups excluding carboxylic acids is 1. The number of benzene rings is 1. The number of nitrogens with zero attached hydrogens (tertiary/aromatic N) is 3. The van der Waals surface area contributed by atoms with E-state index in [0.717, 1.165) is 4.31 Å². The van der Waals surface area contributed by atoms with Crippen molar-refractivity contribution in [1.29, 1.82) is 0 Å². The molecule has 0 aromatic heterocycles. The zero-order valence-electron chi connectivity index (χ0n) is 16.4. The zero-order chi connectivity index (χ0) is 20.9. The summed E-state index contributed by atoms with van der Waals surface area (Å²) < 4.78 is 58.1. The smallest absolute Gasteiger partial charge is 0.243 e. The average molecular weight is 434 g/mol. The van der Waals surface area contributed by atoms with E-state index in [1.54, 1.807) is 4.90 Å². The first kappa shape index (κ1) is 22.8. The Bertz CT molecular complexity index is 874. The van der Waals surface area contributed by atoms with Crippen LogP contribution in [0.15, 0.2) is 34.1 Å². The molecule has 0 saturated carbocycles. The second-order valence-electron chi connectivity index (χ2n) is 6.31. The fourth-order valence-corrected chi connectivity index (χ4v) is 5.38. The largest absolute Gasteiger partial charge is 0.379 e. The summed E-state index contributed by atoms with van der Waals surface area (Å²) in [7, 11) is -6.28. The Morgan fingerprint density at radius 1 is 1.00 bits per heavy atom. The highest BCUT2D eigenvalue weighted by atomic mass is 32.2. The Morgan fingerprint density at radius 2 is 1.50 bits per heavy atom. The number of hydrogen-bond donors (Lipinski definition) is 0. The molecule has 0 bridgehead atoms. The summed E-state index contributed by atoms with van der Waals surface area (Å²) in [5.74, 6) is -0.289. The molecule has 1 amide bonds. The van der Waals surface area contributed by atoms with Crippen molar-refractivity contribution in [2.45, 2.75) is 23.6 Å². The van der Waals surface area contributed by atoms with Crippen LogP contribution in [-0.2, 0) is 29.6 Å². The molecule has 0 aliphatic carbocycles. The number of carbonyl (C=O) groups is 1. The fraction of sp³-hybridized carbons (Fsp3) is 0.588. The molecule has 2 rings (SSSR count). The van der Waals surface area contributed by atoms with Gasteiger partial charge in [-0.05, 0) is 38.1 Å². The van der Waals surface area contributed by atoms with Gasteiger partial charge in [0.2, 0.25) is 26.0 Å². The summed E-state index contributed by atoms with van der Waals surface area (Å²) >= 11 is 0. The Labute approximate surface area is 167 Å². The Hall–Kier alpha value is -1.53. The van der Waals surface area contributed by atoms with Crippen LogP contribution in [-0.4, -0.2) is 89.2 Å². The van der Waals surface area contributed by atoms with Crippen molar-refractivity contribution in [3.8, 4) is 0 Å². The van der Waals surface area contributed by atoms with Crippen LogP contribution in [0, 0.1) is 0 Å². The highest BCUT2D eigenvalue weighted by Gasteiger charge is 2.28. The normalized spacial score (nSPS) is 16.3. The third-order valence-corrected chi connectivity index (χ3v) is 8.34. The molecule has 1 heterocycles. The summed E-state index contributed by atoms with van der Waals surface area (Å²) in [4.78, 5) is 13.7. The number of morpholine rings is 1. The maximum Gasteiger partial charge on any atom is 0.243 e. The van der Waals surface area contributed by atoms with Crippen LogP contribution in [0.4, 0.5) is 0 Å². The van der Waals surface area contributed by atoms with Crippen LogP contribution < -0.4 is 0 Å². The molecule has 1 aliphatic rings. The van der Waals surface area contributed by atoms with Crippen molar-refractivity contribution in [1.82, 2.24) is 13.5 Å². The van der Waals surface area contributed by atoms with Gasteiger partial charge in [-0.2, -0.15) is 8.61 Å². The molecule has 1 saturated heterocycles. The fourth-order valence-electron chi connectivity index (χ4n) is 2.85. The van der Waals surface area contributed by atoms with Gasteiger partial charge in [0.25, 0.3) is 0 Å². The molecule has 0 N–H and O–H groups in total. The molecule has 0 atom stereocenters. The van der Waals surface area contributed by atoms with E-state index in [2.05, 4.69) is 0 Å². The predicted octanol–water partition coefficient (Wildman–Crippen LogP) is 0.196. The Balaban J connectivity index is 2.18. The summed E-state index contributed by atoms with van der Waals surface area (Å²) in [6, 6.07) is 5.05. The minimum Gasteiger partial charge on any atom is -0.379 e. The molecule has 1 aliphatic heterocycles. The number of amides is 1. The predicted molar refractivity (Wildman–Crippen MR) is 104 cm³/mol. The highest BCUT2D eigenvalue weighted by molar-refractivity contribution is 7.89. The molecule has 1 aromatic rings. The van der Waals surface area contributed by atoms with Gasteiger partial charge in [-0.15, -0.1) is 0 Å². The van der Waals surface area contributed by atoms with E-state index in [1.807, 2.05) is 13.8 Å².